The molecule has 0 amide bonds. The number of benzene rings is 2. The SMILES string of the molecule is Cc1cccc(-n2c(SCc3ccccc3)nnc2C2CCCCC2)c1. The van der Waals surface area contributed by atoms with E-state index in [2.05, 4.69) is 76.3 Å². The Bertz CT molecular complexity index is 851. The third-order valence-corrected chi connectivity index (χ3v) is 6.10. The van der Waals surface area contributed by atoms with Gasteiger partial charge in [0.25, 0.3) is 0 Å². The van der Waals surface area contributed by atoms with Crippen molar-refractivity contribution in [2.24, 2.45) is 0 Å². The fourth-order valence-electron chi connectivity index (χ4n) is 3.73. The van der Waals surface area contributed by atoms with Gasteiger partial charge in [-0.25, -0.2) is 0 Å². The number of thioether (sulfide) groups is 1. The molecule has 26 heavy (non-hydrogen) atoms. The van der Waals surface area contributed by atoms with Crippen LogP contribution in [0.4, 0.5) is 0 Å². The van der Waals surface area contributed by atoms with Crippen molar-refractivity contribution in [2.75, 3.05) is 0 Å². The highest BCUT2D eigenvalue weighted by Gasteiger charge is 2.24. The molecule has 0 saturated heterocycles. The fourth-order valence-corrected chi connectivity index (χ4v) is 4.65. The molecule has 1 aliphatic rings. The van der Waals surface area contributed by atoms with E-state index in [0.717, 1.165) is 16.7 Å². The second kappa shape index (κ2) is 8.09. The predicted molar refractivity (Wildman–Crippen MR) is 108 cm³/mol. The van der Waals surface area contributed by atoms with E-state index in [0.29, 0.717) is 5.92 Å². The van der Waals surface area contributed by atoms with E-state index in [-0.39, 0.29) is 0 Å². The van der Waals surface area contributed by atoms with Crippen LogP contribution in [-0.2, 0) is 5.75 Å². The Kier molecular flexibility index (Phi) is 5.40. The Morgan fingerprint density at radius 1 is 0.962 bits per heavy atom. The van der Waals surface area contributed by atoms with E-state index in [1.165, 1.54) is 48.9 Å². The Labute approximate surface area is 159 Å². The summed E-state index contributed by atoms with van der Waals surface area (Å²) < 4.78 is 2.30. The lowest BCUT2D eigenvalue weighted by Gasteiger charge is -2.22. The standard InChI is InChI=1S/C22H25N3S/c1-17-9-8-14-20(15-17)25-21(19-12-6-3-7-13-19)23-24-22(25)26-16-18-10-4-2-5-11-18/h2,4-5,8-11,14-15,19H,3,6-7,12-13,16H2,1H3. The van der Waals surface area contributed by atoms with Gasteiger partial charge < -0.3 is 0 Å². The number of aryl methyl sites for hydroxylation is 1. The Balaban J connectivity index is 1.67. The first-order valence-corrected chi connectivity index (χ1v) is 10.5. The van der Waals surface area contributed by atoms with E-state index in [1.54, 1.807) is 11.8 Å². The molecule has 4 heteroatoms. The number of hydrogen-bond acceptors (Lipinski definition) is 3. The molecular formula is C22H25N3S. The minimum absolute atomic E-state index is 0.530. The van der Waals surface area contributed by atoms with Crippen LogP contribution in [0.15, 0.2) is 59.8 Å². The molecule has 0 radical (unpaired) electrons. The lowest BCUT2D eigenvalue weighted by molar-refractivity contribution is 0.423. The molecule has 3 nitrogen and oxygen atoms in total. The number of aromatic nitrogens is 3. The average Bonchev–Trinajstić information content (AvgIpc) is 3.12. The average molecular weight is 364 g/mol. The number of hydrogen-bond donors (Lipinski definition) is 0. The minimum Gasteiger partial charge on any atom is -0.274 e. The predicted octanol–water partition coefficient (Wildman–Crippen LogP) is 5.92. The zero-order valence-corrected chi connectivity index (χ0v) is 16.1. The molecule has 134 valence electrons. The van der Waals surface area contributed by atoms with Crippen LogP contribution in [0.25, 0.3) is 5.69 Å². The molecule has 0 aliphatic heterocycles. The monoisotopic (exact) mass is 363 g/mol. The van der Waals surface area contributed by atoms with Crippen LogP contribution in [0.1, 0.15) is 55.0 Å². The van der Waals surface area contributed by atoms with Crippen molar-refractivity contribution in [3.05, 3.63) is 71.5 Å². The molecule has 0 atom stereocenters. The van der Waals surface area contributed by atoms with E-state index in [1.807, 2.05) is 0 Å². The maximum absolute atomic E-state index is 4.65. The Hall–Kier alpha value is -2.07. The van der Waals surface area contributed by atoms with Gasteiger partial charge in [0.2, 0.25) is 0 Å². The first-order chi connectivity index (χ1) is 12.8. The summed E-state index contributed by atoms with van der Waals surface area (Å²) in [7, 11) is 0. The van der Waals surface area contributed by atoms with Gasteiger partial charge >= 0.3 is 0 Å². The number of rotatable bonds is 5. The highest BCUT2D eigenvalue weighted by molar-refractivity contribution is 7.98. The fraction of sp³-hybridized carbons (Fsp3) is 0.364. The van der Waals surface area contributed by atoms with Crippen molar-refractivity contribution in [1.29, 1.82) is 0 Å². The van der Waals surface area contributed by atoms with Crippen LogP contribution in [0.5, 0.6) is 0 Å². The molecule has 0 N–H and O–H groups in total. The Morgan fingerprint density at radius 2 is 1.77 bits per heavy atom. The van der Waals surface area contributed by atoms with Crippen molar-refractivity contribution in [1.82, 2.24) is 14.8 Å². The molecule has 1 aliphatic carbocycles. The molecule has 4 rings (SSSR count). The summed E-state index contributed by atoms with van der Waals surface area (Å²) in [4.78, 5) is 0. The van der Waals surface area contributed by atoms with Crippen molar-refractivity contribution in [2.45, 2.75) is 55.9 Å². The third-order valence-electron chi connectivity index (χ3n) is 5.10. The summed E-state index contributed by atoms with van der Waals surface area (Å²) >= 11 is 1.78. The highest BCUT2D eigenvalue weighted by atomic mass is 32.2. The molecular weight excluding hydrogens is 338 g/mol. The summed E-state index contributed by atoms with van der Waals surface area (Å²) in [6.07, 6.45) is 6.42. The van der Waals surface area contributed by atoms with Crippen LogP contribution >= 0.6 is 11.8 Å². The third kappa shape index (κ3) is 3.85. The van der Waals surface area contributed by atoms with E-state index in [4.69, 9.17) is 0 Å². The number of nitrogens with zero attached hydrogens (tertiary/aromatic N) is 3. The van der Waals surface area contributed by atoms with Crippen molar-refractivity contribution >= 4 is 11.8 Å². The maximum atomic E-state index is 4.65. The van der Waals surface area contributed by atoms with E-state index < -0.39 is 0 Å². The van der Waals surface area contributed by atoms with E-state index >= 15 is 0 Å². The second-order valence-corrected chi connectivity index (χ2v) is 8.07. The van der Waals surface area contributed by atoms with Crippen LogP contribution in [0, 0.1) is 6.92 Å². The quantitative estimate of drug-likeness (QED) is 0.528. The van der Waals surface area contributed by atoms with Crippen LogP contribution in [-0.4, -0.2) is 14.8 Å². The highest BCUT2D eigenvalue weighted by Crippen LogP contribution is 2.35. The van der Waals surface area contributed by atoms with Gasteiger partial charge in [-0.05, 0) is 43.0 Å². The molecule has 2 aromatic carbocycles. The molecule has 0 bridgehead atoms. The zero-order chi connectivity index (χ0) is 17.8. The molecule has 1 heterocycles. The van der Waals surface area contributed by atoms with Gasteiger partial charge in [-0.1, -0.05) is 73.5 Å². The molecule has 1 saturated carbocycles. The van der Waals surface area contributed by atoms with Gasteiger partial charge in [0.15, 0.2) is 5.16 Å². The summed E-state index contributed by atoms with van der Waals surface area (Å²) in [5.74, 6) is 2.59. The van der Waals surface area contributed by atoms with Crippen molar-refractivity contribution in [3.8, 4) is 5.69 Å². The summed E-state index contributed by atoms with van der Waals surface area (Å²) in [5, 5.41) is 10.2. The lowest BCUT2D eigenvalue weighted by atomic mass is 9.88. The summed E-state index contributed by atoms with van der Waals surface area (Å²) in [6, 6.07) is 19.3. The summed E-state index contributed by atoms with van der Waals surface area (Å²) in [5.41, 5.74) is 3.77. The van der Waals surface area contributed by atoms with Gasteiger partial charge in [-0.2, -0.15) is 0 Å². The largest absolute Gasteiger partial charge is 0.274 e. The van der Waals surface area contributed by atoms with Crippen LogP contribution < -0.4 is 0 Å². The normalized spacial score (nSPS) is 15.3. The van der Waals surface area contributed by atoms with Gasteiger partial charge in [0.05, 0.1) is 0 Å². The molecule has 0 unspecified atom stereocenters. The van der Waals surface area contributed by atoms with Crippen molar-refractivity contribution in [3.63, 3.8) is 0 Å². The van der Waals surface area contributed by atoms with Gasteiger partial charge in [-0.3, -0.25) is 4.57 Å². The van der Waals surface area contributed by atoms with Crippen molar-refractivity contribution < 1.29 is 0 Å². The topological polar surface area (TPSA) is 30.7 Å². The van der Waals surface area contributed by atoms with Crippen LogP contribution in [0.2, 0.25) is 0 Å². The molecule has 0 spiro atoms. The van der Waals surface area contributed by atoms with Gasteiger partial charge in [-0.15, -0.1) is 10.2 Å². The van der Waals surface area contributed by atoms with E-state index in [9.17, 15) is 0 Å². The van der Waals surface area contributed by atoms with Gasteiger partial charge in [0, 0.05) is 17.4 Å². The molecule has 3 aromatic rings. The van der Waals surface area contributed by atoms with Crippen LogP contribution in [0.3, 0.4) is 0 Å². The Morgan fingerprint density at radius 3 is 2.54 bits per heavy atom. The van der Waals surface area contributed by atoms with Gasteiger partial charge in [0.1, 0.15) is 5.82 Å². The maximum Gasteiger partial charge on any atom is 0.196 e. The summed E-state index contributed by atoms with van der Waals surface area (Å²) in [6.45, 7) is 2.14. The minimum atomic E-state index is 0.530. The smallest absolute Gasteiger partial charge is 0.196 e. The first-order valence-electron chi connectivity index (χ1n) is 9.50. The molecule has 1 aromatic heterocycles. The molecule has 1 fully saturated rings. The first kappa shape index (κ1) is 17.3. The lowest BCUT2D eigenvalue weighted by Crippen LogP contribution is -2.12. The zero-order valence-electron chi connectivity index (χ0n) is 15.3. The second-order valence-electron chi connectivity index (χ2n) is 7.12.